The Labute approximate surface area is 103 Å². The average Bonchev–Trinajstić information content (AvgIpc) is 2.70. The van der Waals surface area contributed by atoms with Crippen molar-refractivity contribution < 1.29 is 15.1 Å². The fraction of sp³-hybridized carbons (Fsp3) is 0.600. The Morgan fingerprint density at radius 2 is 2.29 bits per heavy atom. The van der Waals surface area contributed by atoms with Crippen molar-refractivity contribution in [3.8, 4) is 0 Å². The lowest BCUT2D eigenvalue weighted by atomic mass is 10.3. The number of aliphatic hydroxyl groups is 2. The molecule has 0 aliphatic heterocycles. The molecule has 1 heterocycles. The quantitative estimate of drug-likeness (QED) is 0.598. The van der Waals surface area contributed by atoms with Crippen molar-refractivity contribution in [2.45, 2.75) is 20.0 Å². The molecule has 1 aromatic heterocycles. The first kappa shape index (κ1) is 13.9. The largest absolute Gasteiger partial charge is 0.395 e. The lowest BCUT2D eigenvalue weighted by Crippen LogP contribution is -2.25. The Morgan fingerprint density at radius 1 is 1.65 bits per heavy atom. The summed E-state index contributed by atoms with van der Waals surface area (Å²) < 4.78 is 0. The number of anilines is 1. The van der Waals surface area contributed by atoms with Gasteiger partial charge in [0.15, 0.2) is 5.00 Å². The van der Waals surface area contributed by atoms with Gasteiger partial charge < -0.3 is 15.1 Å². The van der Waals surface area contributed by atoms with E-state index >= 15 is 0 Å². The van der Waals surface area contributed by atoms with E-state index < -0.39 is 11.0 Å². The van der Waals surface area contributed by atoms with E-state index in [1.54, 1.807) is 11.8 Å². The standard InChI is InChI=1S/C10H16N2O4S/c1-3-11(4-5-13)10-8(12(15)16)6-9(17-10)7(2)14/h6-7,13-14H,3-5H2,1-2H3. The van der Waals surface area contributed by atoms with Crippen LogP contribution in [0, 0.1) is 10.1 Å². The molecule has 0 fully saturated rings. The molecule has 17 heavy (non-hydrogen) atoms. The summed E-state index contributed by atoms with van der Waals surface area (Å²) in [7, 11) is 0. The van der Waals surface area contributed by atoms with Crippen LogP contribution in [0.3, 0.4) is 0 Å². The summed E-state index contributed by atoms with van der Waals surface area (Å²) in [6.45, 7) is 4.29. The molecule has 0 aliphatic carbocycles. The summed E-state index contributed by atoms with van der Waals surface area (Å²) in [5.74, 6) is 0. The molecule has 0 aromatic carbocycles. The van der Waals surface area contributed by atoms with Crippen LogP contribution in [0.2, 0.25) is 0 Å². The minimum absolute atomic E-state index is 0.0128. The van der Waals surface area contributed by atoms with Crippen LogP contribution in [-0.4, -0.2) is 34.8 Å². The zero-order valence-electron chi connectivity index (χ0n) is 9.79. The smallest absolute Gasteiger partial charge is 0.304 e. The maximum atomic E-state index is 10.9. The summed E-state index contributed by atoms with van der Waals surface area (Å²) in [5, 5.41) is 29.8. The van der Waals surface area contributed by atoms with Gasteiger partial charge in [0.2, 0.25) is 0 Å². The molecule has 0 aliphatic rings. The highest BCUT2D eigenvalue weighted by Crippen LogP contribution is 2.39. The molecule has 6 nitrogen and oxygen atoms in total. The van der Waals surface area contributed by atoms with Gasteiger partial charge in [-0.1, -0.05) is 0 Å². The molecule has 0 amide bonds. The van der Waals surface area contributed by atoms with Crippen molar-refractivity contribution in [3.63, 3.8) is 0 Å². The van der Waals surface area contributed by atoms with Crippen molar-refractivity contribution in [2.75, 3.05) is 24.6 Å². The average molecular weight is 260 g/mol. The topological polar surface area (TPSA) is 86.8 Å². The number of hydrogen-bond acceptors (Lipinski definition) is 6. The van der Waals surface area contributed by atoms with Crippen LogP contribution in [0.5, 0.6) is 0 Å². The highest BCUT2D eigenvalue weighted by Gasteiger charge is 2.24. The van der Waals surface area contributed by atoms with Gasteiger partial charge in [0.25, 0.3) is 0 Å². The van der Waals surface area contributed by atoms with Crippen LogP contribution < -0.4 is 4.90 Å². The number of aliphatic hydroxyl groups excluding tert-OH is 2. The van der Waals surface area contributed by atoms with Crippen molar-refractivity contribution in [1.29, 1.82) is 0 Å². The minimum atomic E-state index is -0.722. The van der Waals surface area contributed by atoms with E-state index in [2.05, 4.69) is 0 Å². The van der Waals surface area contributed by atoms with Gasteiger partial charge in [0.05, 0.1) is 17.6 Å². The number of likely N-dealkylation sites (N-methyl/N-ethyl adjacent to an activating group) is 1. The lowest BCUT2D eigenvalue weighted by molar-refractivity contribution is -0.383. The number of thiophene rings is 1. The predicted octanol–water partition coefficient (Wildman–Crippen LogP) is 1.53. The lowest BCUT2D eigenvalue weighted by Gasteiger charge is -2.18. The zero-order valence-corrected chi connectivity index (χ0v) is 10.6. The number of rotatable bonds is 6. The summed E-state index contributed by atoms with van der Waals surface area (Å²) in [4.78, 5) is 12.8. The first-order chi connectivity index (χ1) is 8.01. The van der Waals surface area contributed by atoms with Gasteiger partial charge in [-0.15, -0.1) is 11.3 Å². The monoisotopic (exact) mass is 260 g/mol. The normalized spacial score (nSPS) is 12.5. The van der Waals surface area contributed by atoms with Gasteiger partial charge in [-0.25, -0.2) is 0 Å². The maximum absolute atomic E-state index is 10.9. The molecule has 96 valence electrons. The van der Waals surface area contributed by atoms with Gasteiger partial charge in [-0.05, 0) is 13.8 Å². The Hall–Kier alpha value is -1.18. The SMILES string of the molecule is CCN(CCO)c1sc(C(C)O)cc1[N+](=O)[O-]. The van der Waals surface area contributed by atoms with Crippen LogP contribution in [0.15, 0.2) is 6.07 Å². The van der Waals surface area contributed by atoms with Crippen LogP contribution >= 0.6 is 11.3 Å². The fourth-order valence-corrected chi connectivity index (χ4v) is 2.63. The maximum Gasteiger partial charge on any atom is 0.304 e. The molecule has 0 saturated heterocycles. The van der Waals surface area contributed by atoms with Gasteiger partial charge in [0.1, 0.15) is 0 Å². The second-order valence-corrected chi connectivity index (χ2v) is 4.64. The molecule has 1 unspecified atom stereocenters. The second-order valence-electron chi connectivity index (χ2n) is 3.58. The summed E-state index contributed by atoms with van der Waals surface area (Å²) >= 11 is 1.19. The highest BCUT2D eigenvalue weighted by molar-refractivity contribution is 7.16. The molecule has 2 N–H and O–H groups in total. The summed E-state index contributed by atoms with van der Waals surface area (Å²) in [5.41, 5.74) is -0.0128. The number of nitro groups is 1. The molecule has 1 rings (SSSR count). The molecule has 1 atom stereocenters. The van der Waals surface area contributed by atoms with Crippen molar-refractivity contribution in [1.82, 2.24) is 0 Å². The molecule has 0 saturated carbocycles. The Bertz CT molecular complexity index is 392. The van der Waals surface area contributed by atoms with Crippen LogP contribution in [0.4, 0.5) is 10.7 Å². The van der Waals surface area contributed by atoms with Crippen molar-refractivity contribution in [3.05, 3.63) is 21.1 Å². The third-order valence-electron chi connectivity index (χ3n) is 2.36. The fourth-order valence-electron chi connectivity index (χ4n) is 1.48. The Morgan fingerprint density at radius 3 is 2.71 bits per heavy atom. The third-order valence-corrected chi connectivity index (χ3v) is 3.72. The third kappa shape index (κ3) is 3.15. The molecular formula is C10H16N2O4S. The molecule has 0 bridgehead atoms. The van der Waals surface area contributed by atoms with Crippen molar-refractivity contribution in [2.24, 2.45) is 0 Å². The summed E-state index contributed by atoms with van der Waals surface area (Å²) in [6, 6.07) is 1.39. The first-order valence-electron chi connectivity index (χ1n) is 5.33. The van der Waals surface area contributed by atoms with Crippen LogP contribution in [0.25, 0.3) is 0 Å². The minimum Gasteiger partial charge on any atom is -0.395 e. The molecular weight excluding hydrogens is 244 g/mol. The first-order valence-corrected chi connectivity index (χ1v) is 6.14. The number of hydrogen-bond donors (Lipinski definition) is 2. The second kappa shape index (κ2) is 5.95. The van der Waals surface area contributed by atoms with Gasteiger partial charge in [-0.3, -0.25) is 10.1 Å². The van der Waals surface area contributed by atoms with Gasteiger partial charge in [0, 0.05) is 24.0 Å². The molecule has 0 radical (unpaired) electrons. The van der Waals surface area contributed by atoms with E-state index in [1.807, 2.05) is 6.92 Å². The molecule has 1 aromatic rings. The molecule has 7 heteroatoms. The van der Waals surface area contributed by atoms with E-state index in [0.717, 1.165) is 0 Å². The van der Waals surface area contributed by atoms with E-state index in [-0.39, 0.29) is 12.3 Å². The van der Waals surface area contributed by atoms with Gasteiger partial charge >= 0.3 is 5.69 Å². The number of nitrogens with zero attached hydrogens (tertiary/aromatic N) is 2. The Balaban J connectivity index is 3.14. The van der Waals surface area contributed by atoms with E-state index in [9.17, 15) is 15.2 Å². The zero-order chi connectivity index (χ0) is 13.0. The molecule has 0 spiro atoms. The van der Waals surface area contributed by atoms with E-state index in [0.29, 0.717) is 23.0 Å². The van der Waals surface area contributed by atoms with Crippen molar-refractivity contribution >= 4 is 22.0 Å². The van der Waals surface area contributed by atoms with E-state index in [1.165, 1.54) is 17.4 Å². The van der Waals surface area contributed by atoms with Crippen LogP contribution in [-0.2, 0) is 0 Å². The summed E-state index contributed by atoms with van der Waals surface area (Å²) in [6.07, 6.45) is -0.722. The van der Waals surface area contributed by atoms with E-state index in [4.69, 9.17) is 5.11 Å². The Kier molecular flexibility index (Phi) is 4.86. The highest BCUT2D eigenvalue weighted by atomic mass is 32.1. The van der Waals surface area contributed by atoms with Gasteiger partial charge in [-0.2, -0.15) is 0 Å². The predicted molar refractivity (Wildman–Crippen MR) is 66.6 cm³/mol. The van der Waals surface area contributed by atoms with Crippen LogP contribution in [0.1, 0.15) is 24.8 Å².